The van der Waals surface area contributed by atoms with Crippen LogP contribution in [0.3, 0.4) is 0 Å². The Morgan fingerprint density at radius 1 is 1.39 bits per heavy atom. The van der Waals surface area contributed by atoms with Crippen molar-refractivity contribution >= 4 is 23.3 Å². The van der Waals surface area contributed by atoms with Gasteiger partial charge < -0.3 is 14.8 Å². The fraction of sp³-hybridized carbons (Fsp3) is 0.400. The lowest BCUT2D eigenvalue weighted by Gasteiger charge is -2.31. The molecule has 2 aromatic rings. The van der Waals surface area contributed by atoms with Crippen LogP contribution in [0.25, 0.3) is 0 Å². The van der Waals surface area contributed by atoms with E-state index in [0.29, 0.717) is 13.1 Å². The van der Waals surface area contributed by atoms with E-state index in [1.165, 1.54) is 12.1 Å². The van der Waals surface area contributed by atoms with Gasteiger partial charge in [-0.05, 0) is 25.0 Å². The summed E-state index contributed by atoms with van der Waals surface area (Å²) in [6.45, 7) is 1.16. The Morgan fingerprint density at radius 2 is 2.13 bits per heavy atom. The fourth-order valence-corrected chi connectivity index (χ4v) is 3.02. The highest BCUT2D eigenvalue weighted by Crippen LogP contribution is 2.28. The van der Waals surface area contributed by atoms with Crippen LogP contribution in [0.1, 0.15) is 24.6 Å². The molecule has 23 heavy (non-hydrogen) atoms. The number of benzene rings is 1. The second-order valence-electron chi connectivity index (χ2n) is 5.59. The van der Waals surface area contributed by atoms with Gasteiger partial charge in [0.05, 0.1) is 10.7 Å². The van der Waals surface area contributed by atoms with Crippen LogP contribution in [-0.2, 0) is 7.05 Å². The monoisotopic (exact) mass is 337 g/mol. The highest BCUT2D eigenvalue weighted by atomic mass is 35.5. The van der Waals surface area contributed by atoms with Gasteiger partial charge in [0.1, 0.15) is 18.0 Å². The van der Waals surface area contributed by atoms with Gasteiger partial charge in [0.15, 0.2) is 0 Å². The van der Waals surface area contributed by atoms with Crippen LogP contribution in [0.5, 0.6) is 0 Å². The van der Waals surface area contributed by atoms with Gasteiger partial charge in [-0.15, -0.1) is 10.2 Å². The third kappa shape index (κ3) is 3.29. The third-order valence-electron chi connectivity index (χ3n) is 4.09. The standard InChI is InChI=1S/C15H17ClFN5O/c1-21-9-18-20-14(21)10-5-7-22(8-6-10)15(23)19-13-11(16)3-2-4-12(13)17/h2-4,9-10H,5-8H2,1H3,(H,19,23). The summed E-state index contributed by atoms with van der Waals surface area (Å²) in [7, 11) is 1.91. The topological polar surface area (TPSA) is 63.1 Å². The molecule has 6 nitrogen and oxygen atoms in total. The maximum absolute atomic E-state index is 13.7. The fourth-order valence-electron chi connectivity index (χ4n) is 2.81. The van der Waals surface area contributed by atoms with Gasteiger partial charge in [-0.25, -0.2) is 9.18 Å². The van der Waals surface area contributed by atoms with Crippen LogP contribution >= 0.6 is 11.6 Å². The van der Waals surface area contributed by atoms with Crippen LogP contribution in [0.15, 0.2) is 24.5 Å². The molecule has 1 aromatic carbocycles. The highest BCUT2D eigenvalue weighted by Gasteiger charge is 2.27. The smallest absolute Gasteiger partial charge is 0.321 e. The largest absolute Gasteiger partial charge is 0.324 e. The van der Waals surface area contributed by atoms with E-state index < -0.39 is 5.82 Å². The molecule has 1 N–H and O–H groups in total. The summed E-state index contributed by atoms with van der Waals surface area (Å²) in [6.07, 6.45) is 3.27. The van der Waals surface area contributed by atoms with Crippen molar-refractivity contribution in [3.8, 4) is 0 Å². The van der Waals surface area contributed by atoms with E-state index >= 15 is 0 Å². The Bertz CT molecular complexity index is 691. The van der Waals surface area contributed by atoms with Crippen LogP contribution < -0.4 is 5.32 Å². The number of hydrogen-bond acceptors (Lipinski definition) is 3. The first-order valence-electron chi connectivity index (χ1n) is 7.40. The number of aryl methyl sites for hydroxylation is 1. The minimum atomic E-state index is -0.542. The number of aromatic nitrogens is 3. The predicted molar refractivity (Wildman–Crippen MR) is 85.0 cm³/mol. The Hall–Kier alpha value is -2.15. The van der Waals surface area contributed by atoms with Crippen molar-refractivity contribution in [2.24, 2.45) is 7.05 Å². The number of rotatable bonds is 2. The van der Waals surface area contributed by atoms with Crippen molar-refractivity contribution in [1.82, 2.24) is 19.7 Å². The van der Waals surface area contributed by atoms with Gasteiger partial charge in [0.2, 0.25) is 0 Å². The molecular weight excluding hydrogens is 321 g/mol. The molecule has 0 saturated carbocycles. The van der Waals surface area contributed by atoms with Gasteiger partial charge in [-0.1, -0.05) is 17.7 Å². The number of carbonyl (C=O) groups is 1. The molecule has 1 fully saturated rings. The molecule has 0 unspecified atom stereocenters. The van der Waals surface area contributed by atoms with Gasteiger partial charge in [-0.3, -0.25) is 0 Å². The van der Waals surface area contributed by atoms with Gasteiger partial charge in [-0.2, -0.15) is 0 Å². The Morgan fingerprint density at radius 3 is 2.74 bits per heavy atom. The van der Waals surface area contributed by atoms with E-state index in [0.717, 1.165) is 18.7 Å². The first-order valence-corrected chi connectivity index (χ1v) is 7.78. The summed E-state index contributed by atoms with van der Waals surface area (Å²) in [4.78, 5) is 14.0. The minimum Gasteiger partial charge on any atom is -0.324 e. The van der Waals surface area contributed by atoms with Gasteiger partial charge in [0, 0.05) is 26.1 Å². The molecule has 1 aliphatic rings. The van der Waals surface area contributed by atoms with E-state index in [9.17, 15) is 9.18 Å². The summed E-state index contributed by atoms with van der Waals surface area (Å²) in [5.41, 5.74) is 0.0228. The molecule has 1 aliphatic heterocycles. The molecule has 2 heterocycles. The summed E-state index contributed by atoms with van der Waals surface area (Å²) in [5.74, 6) is 0.672. The Balaban J connectivity index is 1.61. The number of para-hydroxylation sites is 1. The maximum Gasteiger partial charge on any atom is 0.321 e. The van der Waals surface area contributed by atoms with Crippen molar-refractivity contribution in [3.05, 3.63) is 41.2 Å². The van der Waals surface area contributed by atoms with E-state index in [2.05, 4.69) is 15.5 Å². The number of hydrogen-bond donors (Lipinski definition) is 1. The molecule has 1 aromatic heterocycles. The molecule has 2 amide bonds. The van der Waals surface area contributed by atoms with Crippen LogP contribution in [0.2, 0.25) is 5.02 Å². The number of urea groups is 1. The molecule has 8 heteroatoms. The lowest BCUT2D eigenvalue weighted by Crippen LogP contribution is -2.41. The summed E-state index contributed by atoms with van der Waals surface area (Å²) >= 11 is 5.93. The molecule has 0 bridgehead atoms. The normalized spacial score (nSPS) is 15.7. The Kier molecular flexibility index (Phi) is 4.47. The molecule has 0 radical (unpaired) electrons. The van der Waals surface area contributed by atoms with Crippen molar-refractivity contribution in [2.45, 2.75) is 18.8 Å². The first-order chi connectivity index (χ1) is 11.1. The zero-order chi connectivity index (χ0) is 16.4. The maximum atomic E-state index is 13.7. The van der Waals surface area contributed by atoms with Crippen LogP contribution in [0, 0.1) is 5.82 Å². The van der Waals surface area contributed by atoms with Gasteiger partial charge >= 0.3 is 6.03 Å². The molecule has 3 rings (SSSR count). The van der Waals surface area contributed by atoms with E-state index in [1.807, 2.05) is 11.6 Å². The lowest BCUT2D eigenvalue weighted by molar-refractivity contribution is 0.193. The zero-order valence-corrected chi connectivity index (χ0v) is 13.4. The molecule has 0 aliphatic carbocycles. The predicted octanol–water partition coefficient (Wildman–Crippen LogP) is 3.02. The summed E-state index contributed by atoms with van der Waals surface area (Å²) in [6, 6.07) is 3.97. The quantitative estimate of drug-likeness (QED) is 0.916. The van der Waals surface area contributed by atoms with Crippen molar-refractivity contribution in [1.29, 1.82) is 0 Å². The minimum absolute atomic E-state index is 0.0228. The first kappa shape index (κ1) is 15.7. The highest BCUT2D eigenvalue weighted by molar-refractivity contribution is 6.33. The third-order valence-corrected chi connectivity index (χ3v) is 4.40. The number of nitrogens with one attached hydrogen (secondary N) is 1. The number of anilines is 1. The lowest BCUT2D eigenvalue weighted by atomic mass is 9.96. The van der Waals surface area contributed by atoms with Crippen LogP contribution in [-0.4, -0.2) is 38.8 Å². The second-order valence-corrected chi connectivity index (χ2v) is 6.00. The number of halogens is 2. The van der Waals surface area contributed by atoms with Crippen molar-refractivity contribution < 1.29 is 9.18 Å². The zero-order valence-electron chi connectivity index (χ0n) is 12.7. The summed E-state index contributed by atoms with van der Waals surface area (Å²) < 4.78 is 15.6. The van der Waals surface area contributed by atoms with E-state index in [1.54, 1.807) is 17.3 Å². The van der Waals surface area contributed by atoms with Crippen molar-refractivity contribution in [3.63, 3.8) is 0 Å². The van der Waals surface area contributed by atoms with Crippen LogP contribution in [0.4, 0.5) is 14.9 Å². The van der Waals surface area contributed by atoms with Crippen molar-refractivity contribution in [2.75, 3.05) is 18.4 Å². The molecule has 1 saturated heterocycles. The molecule has 122 valence electrons. The van der Waals surface area contributed by atoms with Gasteiger partial charge in [0.25, 0.3) is 0 Å². The number of carbonyl (C=O) groups excluding carboxylic acids is 1. The average Bonchev–Trinajstić information content (AvgIpc) is 2.97. The van der Waals surface area contributed by atoms with E-state index in [-0.39, 0.29) is 22.7 Å². The molecule has 0 atom stereocenters. The molecular formula is C15H17ClFN5O. The Labute approximate surface area is 138 Å². The number of nitrogens with zero attached hydrogens (tertiary/aromatic N) is 4. The molecule has 0 spiro atoms. The average molecular weight is 338 g/mol. The van der Waals surface area contributed by atoms with E-state index in [4.69, 9.17) is 11.6 Å². The number of piperidine rings is 1. The number of likely N-dealkylation sites (tertiary alicyclic amines) is 1. The summed E-state index contributed by atoms with van der Waals surface area (Å²) in [5, 5.41) is 10.8. The number of amides is 2. The SMILES string of the molecule is Cn1cnnc1C1CCN(C(=O)Nc2c(F)cccc2Cl)CC1. The second kappa shape index (κ2) is 6.54.